The number of carbonyl (C=O) groups excluding carboxylic acids is 2. The molecule has 0 bridgehead atoms. The van der Waals surface area contributed by atoms with Crippen LogP contribution in [0.15, 0.2) is 48.5 Å². The van der Waals surface area contributed by atoms with Crippen LogP contribution in [0.25, 0.3) is 0 Å². The van der Waals surface area contributed by atoms with Crippen molar-refractivity contribution >= 4 is 35.2 Å². The van der Waals surface area contributed by atoms with Crippen molar-refractivity contribution in [1.82, 2.24) is 0 Å². The number of nitrogens with two attached hydrogens (primary N) is 1. The van der Waals surface area contributed by atoms with Crippen molar-refractivity contribution in [3.8, 4) is 0 Å². The Balaban J connectivity index is 2.38. The normalized spacial score (nSPS) is 9.88. The van der Waals surface area contributed by atoms with Crippen molar-refractivity contribution in [3.05, 3.63) is 54.1 Å². The average molecular weight is 329 g/mol. The van der Waals surface area contributed by atoms with Gasteiger partial charge >= 0.3 is 18.1 Å². The van der Waals surface area contributed by atoms with Crippen LogP contribution in [0.5, 0.6) is 0 Å². The Morgan fingerprint density at radius 3 is 2.29 bits per heavy atom. The summed E-state index contributed by atoms with van der Waals surface area (Å²) in [6.07, 6.45) is -1.23. The van der Waals surface area contributed by atoms with Crippen molar-refractivity contribution < 1.29 is 24.2 Å². The number of primary amides is 1. The third-order valence-corrected chi connectivity index (χ3v) is 3.11. The van der Waals surface area contributed by atoms with Gasteiger partial charge in [-0.15, -0.1) is 0 Å². The maximum Gasteiger partial charge on any atom is 0.416 e. The van der Waals surface area contributed by atoms with Gasteiger partial charge in [-0.2, -0.15) is 0 Å². The lowest BCUT2D eigenvalue weighted by Crippen LogP contribution is -2.24. The summed E-state index contributed by atoms with van der Waals surface area (Å²) in [4.78, 5) is 35.0. The van der Waals surface area contributed by atoms with Crippen molar-refractivity contribution in [2.75, 3.05) is 17.3 Å². The minimum atomic E-state index is -1.23. The molecule has 0 aromatic heterocycles. The first-order valence-corrected chi connectivity index (χ1v) is 6.80. The quantitative estimate of drug-likeness (QED) is 0.744. The molecule has 3 amide bonds. The Morgan fingerprint density at radius 2 is 1.75 bits per heavy atom. The number of nitrogens with one attached hydrogen (secondary N) is 1. The third kappa shape index (κ3) is 3.80. The molecule has 0 aliphatic heterocycles. The molecule has 2 rings (SSSR count). The van der Waals surface area contributed by atoms with E-state index in [9.17, 15) is 19.5 Å². The fourth-order valence-electron chi connectivity index (χ4n) is 2.10. The van der Waals surface area contributed by atoms with Crippen LogP contribution < -0.4 is 16.0 Å². The monoisotopic (exact) mass is 329 g/mol. The fourth-order valence-corrected chi connectivity index (χ4v) is 2.10. The van der Waals surface area contributed by atoms with E-state index in [0.717, 1.165) is 4.90 Å². The number of amides is 3. The Morgan fingerprint density at radius 1 is 1.08 bits per heavy atom. The van der Waals surface area contributed by atoms with Crippen molar-refractivity contribution in [1.29, 1.82) is 0 Å². The smallest absolute Gasteiger partial charge is 0.416 e. The van der Waals surface area contributed by atoms with E-state index >= 15 is 0 Å². The molecule has 0 radical (unpaired) electrons. The largest absolute Gasteiger partial charge is 0.465 e. The van der Waals surface area contributed by atoms with Crippen molar-refractivity contribution in [2.24, 2.45) is 5.73 Å². The van der Waals surface area contributed by atoms with Crippen LogP contribution in [-0.2, 0) is 4.74 Å². The van der Waals surface area contributed by atoms with Crippen molar-refractivity contribution in [2.45, 2.75) is 0 Å². The Hall–Kier alpha value is -3.55. The van der Waals surface area contributed by atoms with Gasteiger partial charge in [0.05, 0.1) is 24.0 Å². The lowest BCUT2D eigenvalue weighted by Gasteiger charge is -2.20. The molecule has 4 N–H and O–H groups in total. The summed E-state index contributed by atoms with van der Waals surface area (Å²) >= 11 is 0. The van der Waals surface area contributed by atoms with E-state index in [4.69, 9.17) is 5.73 Å². The second-order valence-electron chi connectivity index (χ2n) is 4.70. The number of nitrogens with zero attached hydrogens (tertiary/aromatic N) is 1. The maximum absolute atomic E-state index is 11.6. The number of rotatable bonds is 4. The van der Waals surface area contributed by atoms with Gasteiger partial charge in [-0.25, -0.2) is 19.3 Å². The second kappa shape index (κ2) is 7.14. The summed E-state index contributed by atoms with van der Waals surface area (Å²) in [5.41, 5.74) is 6.29. The van der Waals surface area contributed by atoms with E-state index in [1.165, 1.54) is 43.5 Å². The van der Waals surface area contributed by atoms with Crippen LogP contribution in [0.1, 0.15) is 10.4 Å². The molecule has 0 aliphatic rings. The number of methoxy groups -OCH3 is 1. The molecule has 0 atom stereocenters. The number of benzene rings is 2. The highest BCUT2D eigenvalue weighted by Gasteiger charge is 2.18. The van der Waals surface area contributed by atoms with Gasteiger partial charge in [-0.3, -0.25) is 0 Å². The molecule has 2 aromatic carbocycles. The van der Waals surface area contributed by atoms with Crippen LogP contribution in [0.3, 0.4) is 0 Å². The van der Waals surface area contributed by atoms with E-state index < -0.39 is 18.1 Å². The topological polar surface area (TPSA) is 122 Å². The summed E-state index contributed by atoms with van der Waals surface area (Å²) in [6, 6.07) is 11.4. The van der Waals surface area contributed by atoms with Gasteiger partial charge in [0.1, 0.15) is 0 Å². The molecule has 0 spiro atoms. The molecule has 24 heavy (non-hydrogen) atoms. The van der Waals surface area contributed by atoms with E-state index in [0.29, 0.717) is 11.4 Å². The molecule has 0 saturated carbocycles. The van der Waals surface area contributed by atoms with Gasteiger partial charge in [-0.1, -0.05) is 6.07 Å². The number of anilines is 3. The number of hydrogen-bond donors (Lipinski definition) is 3. The summed E-state index contributed by atoms with van der Waals surface area (Å²) < 4.78 is 4.63. The van der Waals surface area contributed by atoms with Crippen LogP contribution in [-0.4, -0.2) is 30.3 Å². The molecule has 0 saturated heterocycles. The number of carboxylic acid groups (broad SMARTS) is 1. The minimum absolute atomic E-state index is 0.230. The first kappa shape index (κ1) is 16.8. The molecule has 0 unspecified atom stereocenters. The number of urea groups is 1. The van der Waals surface area contributed by atoms with Crippen molar-refractivity contribution in [3.63, 3.8) is 0 Å². The highest BCUT2D eigenvalue weighted by atomic mass is 16.5. The van der Waals surface area contributed by atoms with E-state index in [-0.39, 0.29) is 11.3 Å². The maximum atomic E-state index is 11.6. The molecule has 8 heteroatoms. The lowest BCUT2D eigenvalue weighted by atomic mass is 10.1. The zero-order chi connectivity index (χ0) is 17.7. The van der Waals surface area contributed by atoms with Gasteiger partial charge in [0.2, 0.25) is 0 Å². The van der Waals surface area contributed by atoms with Crippen LogP contribution in [0, 0.1) is 0 Å². The number of carbonyl (C=O) groups is 3. The summed E-state index contributed by atoms with van der Waals surface area (Å²) in [6.45, 7) is 0. The minimum Gasteiger partial charge on any atom is -0.465 e. The molecule has 0 heterocycles. The SMILES string of the molecule is COC(=O)c1cccc(N(C(=O)O)c2ccc(NC(N)=O)cc2)c1. The first-order valence-electron chi connectivity index (χ1n) is 6.80. The van der Waals surface area contributed by atoms with Crippen LogP contribution in [0.2, 0.25) is 0 Å². The van der Waals surface area contributed by atoms with Gasteiger partial charge < -0.3 is 20.9 Å². The van der Waals surface area contributed by atoms with Gasteiger partial charge in [0, 0.05) is 5.69 Å². The molecular weight excluding hydrogens is 314 g/mol. The van der Waals surface area contributed by atoms with E-state index in [2.05, 4.69) is 10.1 Å². The van der Waals surface area contributed by atoms with E-state index in [1.54, 1.807) is 12.1 Å². The van der Waals surface area contributed by atoms with Crippen LogP contribution >= 0.6 is 0 Å². The molecular formula is C16H15N3O5. The molecule has 0 aliphatic carbocycles. The summed E-state index contributed by atoms with van der Waals surface area (Å²) in [5, 5.41) is 11.9. The predicted octanol–water partition coefficient (Wildman–Crippen LogP) is 2.78. The molecule has 124 valence electrons. The van der Waals surface area contributed by atoms with Gasteiger partial charge in [0.25, 0.3) is 0 Å². The third-order valence-electron chi connectivity index (χ3n) is 3.11. The Bertz CT molecular complexity index is 774. The lowest BCUT2D eigenvalue weighted by molar-refractivity contribution is 0.0600. The summed E-state index contributed by atoms with van der Waals surface area (Å²) in [7, 11) is 1.24. The number of ether oxygens (including phenoxy) is 1. The molecule has 8 nitrogen and oxygen atoms in total. The van der Waals surface area contributed by atoms with Crippen LogP contribution in [0.4, 0.5) is 26.7 Å². The molecule has 0 fully saturated rings. The number of hydrogen-bond acceptors (Lipinski definition) is 4. The Kier molecular flexibility index (Phi) is 5.00. The highest BCUT2D eigenvalue weighted by molar-refractivity contribution is 5.98. The van der Waals surface area contributed by atoms with Gasteiger partial charge in [-0.05, 0) is 42.5 Å². The first-order chi connectivity index (χ1) is 11.4. The number of esters is 1. The van der Waals surface area contributed by atoms with Gasteiger partial charge in [0.15, 0.2) is 0 Å². The van der Waals surface area contributed by atoms with E-state index in [1.807, 2.05) is 0 Å². The standard InChI is InChI=1S/C16H15N3O5/c1-24-14(20)10-3-2-4-13(9-10)19(16(22)23)12-7-5-11(6-8-12)18-15(17)21/h2-9H,1H3,(H,22,23)(H3,17,18,21). The predicted molar refractivity (Wildman–Crippen MR) is 87.6 cm³/mol. The summed E-state index contributed by atoms with van der Waals surface area (Å²) in [5.74, 6) is -0.566. The Labute approximate surface area is 137 Å². The zero-order valence-electron chi connectivity index (χ0n) is 12.7. The zero-order valence-corrected chi connectivity index (χ0v) is 12.7. The molecule has 2 aromatic rings. The second-order valence-corrected chi connectivity index (χ2v) is 4.70. The fraction of sp³-hybridized carbons (Fsp3) is 0.0625. The highest BCUT2D eigenvalue weighted by Crippen LogP contribution is 2.27. The average Bonchev–Trinajstić information content (AvgIpc) is 2.55.